The quantitative estimate of drug-likeness (QED) is 0.259. The highest BCUT2D eigenvalue weighted by atomic mass is 32.1. The summed E-state index contributed by atoms with van der Waals surface area (Å²) in [5.41, 5.74) is 3.91. The summed E-state index contributed by atoms with van der Waals surface area (Å²) in [4.78, 5) is 41.1. The van der Waals surface area contributed by atoms with E-state index < -0.39 is 6.10 Å². The molecule has 5 aliphatic rings. The number of fused-ring (bicyclic) bond motifs is 3. The predicted molar refractivity (Wildman–Crippen MR) is 186 cm³/mol. The van der Waals surface area contributed by atoms with Gasteiger partial charge in [0.15, 0.2) is 0 Å². The van der Waals surface area contributed by atoms with Gasteiger partial charge in [-0.15, -0.1) is 11.3 Å². The Labute approximate surface area is 287 Å². The number of likely N-dealkylation sites (tertiary alicyclic amines) is 1. The molecule has 1 saturated heterocycles. The fraction of sp³-hybridized carbons (Fsp3) is 0.579. The molecule has 8 rings (SSSR count). The van der Waals surface area contributed by atoms with E-state index in [-0.39, 0.29) is 34.9 Å². The van der Waals surface area contributed by atoms with Gasteiger partial charge >= 0.3 is 6.09 Å². The van der Waals surface area contributed by atoms with Crippen molar-refractivity contribution in [2.45, 2.75) is 102 Å². The molecule has 0 unspecified atom stereocenters. The first-order chi connectivity index (χ1) is 23.2. The van der Waals surface area contributed by atoms with E-state index in [0.717, 1.165) is 72.0 Å². The number of β-amino-alcohol motifs (C(OH)–C–C–N with tert-alkyl or cyclic N) is 1. The van der Waals surface area contributed by atoms with Gasteiger partial charge in [-0.3, -0.25) is 9.69 Å². The number of amides is 2. The number of rotatable bonds is 9. The Balaban J connectivity index is 1.09. The highest BCUT2D eigenvalue weighted by molar-refractivity contribution is 7.15. The molecule has 0 radical (unpaired) electrons. The van der Waals surface area contributed by atoms with Gasteiger partial charge in [-0.1, -0.05) is 19.1 Å². The number of carbonyl (C=O) groups is 2. The van der Waals surface area contributed by atoms with Crippen molar-refractivity contribution in [3.8, 4) is 16.2 Å². The van der Waals surface area contributed by atoms with Crippen molar-refractivity contribution < 1.29 is 24.2 Å². The van der Waals surface area contributed by atoms with Gasteiger partial charge in [0.2, 0.25) is 5.91 Å². The molecule has 2 amide bonds. The zero-order valence-corrected chi connectivity index (χ0v) is 29.3. The molecular weight excluding hydrogens is 625 g/mol. The number of thiazole rings is 1. The zero-order chi connectivity index (χ0) is 33.5. The Morgan fingerprint density at radius 3 is 2.38 bits per heavy atom. The van der Waals surface area contributed by atoms with Crippen LogP contribution in [0.15, 0.2) is 42.7 Å². The Morgan fingerprint density at radius 2 is 1.75 bits per heavy atom. The Morgan fingerprint density at radius 1 is 1.02 bits per heavy atom. The van der Waals surface area contributed by atoms with E-state index in [9.17, 15) is 14.7 Å². The first-order valence-electron chi connectivity index (χ1n) is 17.7. The molecule has 1 aliphatic heterocycles. The summed E-state index contributed by atoms with van der Waals surface area (Å²) in [6.45, 7) is 5.58. The van der Waals surface area contributed by atoms with Crippen LogP contribution in [0.5, 0.6) is 5.75 Å². The number of ether oxygens (including phenoxy) is 2. The number of aliphatic hydroxyl groups excluding tert-OH is 1. The zero-order valence-electron chi connectivity index (χ0n) is 28.5. The molecule has 4 aliphatic carbocycles. The smallest absolute Gasteiger partial charge is 0.410 e. The number of hydrogen-bond acceptors (Lipinski definition) is 8. The second kappa shape index (κ2) is 13.4. The van der Waals surface area contributed by atoms with Gasteiger partial charge in [0.05, 0.1) is 36.2 Å². The van der Waals surface area contributed by atoms with E-state index >= 15 is 0 Å². The molecule has 10 heteroatoms. The van der Waals surface area contributed by atoms with Gasteiger partial charge in [-0.2, -0.15) is 0 Å². The number of pyridine rings is 1. The Kier molecular flexibility index (Phi) is 9.24. The van der Waals surface area contributed by atoms with E-state index in [1.54, 1.807) is 18.4 Å². The molecule has 2 aromatic heterocycles. The van der Waals surface area contributed by atoms with Gasteiger partial charge in [-0.25, -0.2) is 14.8 Å². The third-order valence-corrected chi connectivity index (χ3v) is 12.9. The van der Waals surface area contributed by atoms with Crippen molar-refractivity contribution in [1.29, 1.82) is 0 Å². The lowest BCUT2D eigenvalue weighted by atomic mass is 9.51. The lowest BCUT2D eigenvalue weighted by Crippen LogP contribution is -2.54. The summed E-state index contributed by atoms with van der Waals surface area (Å²) < 4.78 is 11.3. The highest BCUT2D eigenvalue weighted by Gasteiger charge is 2.51. The fourth-order valence-electron chi connectivity index (χ4n) is 8.55. The van der Waals surface area contributed by atoms with Gasteiger partial charge in [0, 0.05) is 24.9 Å². The molecule has 0 atom stereocenters. The van der Waals surface area contributed by atoms with Crippen LogP contribution in [0, 0.1) is 18.3 Å². The van der Waals surface area contributed by atoms with E-state index in [2.05, 4.69) is 43.1 Å². The lowest BCUT2D eigenvalue weighted by molar-refractivity contribution is -0.124. The van der Waals surface area contributed by atoms with Gasteiger partial charge in [0.25, 0.3) is 0 Å². The van der Waals surface area contributed by atoms with Crippen LogP contribution < -0.4 is 9.64 Å². The molecule has 4 saturated carbocycles. The second-order valence-corrected chi connectivity index (χ2v) is 15.8. The molecule has 48 heavy (non-hydrogen) atoms. The third kappa shape index (κ3) is 6.45. The second-order valence-electron chi connectivity index (χ2n) is 14.7. The molecule has 9 nitrogen and oxygen atoms in total. The number of nitrogens with zero attached hydrogens (tertiary/aromatic N) is 4. The van der Waals surface area contributed by atoms with Gasteiger partial charge in [-0.05, 0) is 123 Å². The maximum atomic E-state index is 14.6. The largest absolute Gasteiger partial charge is 0.496 e. The summed E-state index contributed by atoms with van der Waals surface area (Å²) in [7, 11) is 1.73. The predicted octanol–water partition coefficient (Wildman–Crippen LogP) is 7.08. The standard InChI is InChI=1S/C38H48N4O5S/c1-4-34-40-21-32(48-34)27-11-18-39-33(20-27)42(35(44)26-5-8-30(9-6-26)47-36(45)41-22-29(43)23-41)24-37-12-15-38(16-13-37,17-14-37)28-7-10-31(46-3)25(2)19-28/h7,10-11,18-21,26,29-30,43H,4-6,8-9,12-17,22-24H2,1-3H3. The SMILES string of the molecule is CCc1ncc(-c2ccnc(N(CC34CCC(c5ccc(OC)c(C)c5)(CC3)CC4)C(=O)C3CCC(OC(=O)N4CC(O)C4)CC3)c2)s1. The Hall–Kier alpha value is -3.50. The first kappa shape index (κ1) is 33.0. The van der Waals surface area contributed by atoms with E-state index in [1.165, 1.54) is 16.0 Å². The van der Waals surface area contributed by atoms with Gasteiger partial charge in [0.1, 0.15) is 17.7 Å². The van der Waals surface area contributed by atoms with Gasteiger partial charge < -0.3 is 19.5 Å². The number of hydrogen-bond donors (Lipinski definition) is 1. The minimum absolute atomic E-state index is 0.0605. The van der Waals surface area contributed by atoms with Crippen LogP contribution in [0.3, 0.4) is 0 Å². The number of aromatic nitrogens is 2. The minimum atomic E-state index is -0.454. The number of benzene rings is 1. The maximum Gasteiger partial charge on any atom is 0.410 e. The number of methoxy groups -OCH3 is 1. The normalized spacial score (nSPS) is 27.0. The molecule has 1 N–H and O–H groups in total. The van der Waals surface area contributed by atoms with Crippen LogP contribution in [-0.4, -0.2) is 70.9 Å². The van der Waals surface area contributed by atoms with Crippen molar-refractivity contribution >= 4 is 29.2 Å². The molecule has 0 spiro atoms. The average Bonchev–Trinajstić information content (AvgIpc) is 3.60. The van der Waals surface area contributed by atoms with Crippen molar-refractivity contribution in [1.82, 2.24) is 14.9 Å². The van der Waals surface area contributed by atoms with Crippen molar-refractivity contribution in [2.24, 2.45) is 11.3 Å². The summed E-state index contributed by atoms with van der Waals surface area (Å²) in [6, 6.07) is 10.8. The van der Waals surface area contributed by atoms with Crippen LogP contribution in [0.1, 0.15) is 87.3 Å². The number of carbonyl (C=O) groups excluding carboxylic acids is 2. The minimum Gasteiger partial charge on any atom is -0.496 e. The van der Waals surface area contributed by atoms with Crippen LogP contribution in [0.4, 0.5) is 10.6 Å². The molecule has 2 bridgehead atoms. The lowest BCUT2D eigenvalue weighted by Gasteiger charge is -2.55. The molecule has 3 aromatic rings. The topological polar surface area (TPSA) is 105 Å². The molecule has 1 aromatic carbocycles. The molecule has 3 heterocycles. The summed E-state index contributed by atoms with van der Waals surface area (Å²) in [5.74, 6) is 1.65. The Bertz CT molecular complexity index is 1620. The van der Waals surface area contributed by atoms with Crippen LogP contribution in [-0.2, 0) is 21.4 Å². The summed E-state index contributed by atoms with van der Waals surface area (Å²) in [6.07, 6.45) is 13.0. The molecule has 256 valence electrons. The van der Waals surface area contributed by atoms with E-state index in [1.807, 2.05) is 23.4 Å². The molecular formula is C38H48N4O5S. The number of aliphatic hydroxyl groups is 1. The van der Waals surface area contributed by atoms with Crippen LogP contribution in [0.25, 0.3) is 10.4 Å². The van der Waals surface area contributed by atoms with E-state index in [4.69, 9.17) is 14.5 Å². The monoisotopic (exact) mass is 672 g/mol. The highest BCUT2D eigenvalue weighted by Crippen LogP contribution is 2.58. The maximum absolute atomic E-state index is 14.6. The first-order valence-corrected chi connectivity index (χ1v) is 18.5. The van der Waals surface area contributed by atoms with E-state index in [0.29, 0.717) is 45.3 Å². The third-order valence-electron chi connectivity index (χ3n) is 11.7. The number of anilines is 1. The van der Waals surface area contributed by atoms with Crippen molar-refractivity contribution in [2.75, 3.05) is 31.6 Å². The van der Waals surface area contributed by atoms with Crippen LogP contribution in [0.2, 0.25) is 0 Å². The summed E-state index contributed by atoms with van der Waals surface area (Å²) >= 11 is 1.69. The van der Waals surface area contributed by atoms with Crippen molar-refractivity contribution in [3.05, 3.63) is 58.9 Å². The molecule has 5 fully saturated rings. The van der Waals surface area contributed by atoms with Crippen molar-refractivity contribution in [3.63, 3.8) is 0 Å². The average molecular weight is 673 g/mol. The number of aryl methyl sites for hydroxylation is 2. The fourth-order valence-corrected chi connectivity index (χ4v) is 9.40. The van der Waals surface area contributed by atoms with Crippen LogP contribution >= 0.6 is 11.3 Å². The summed E-state index contributed by atoms with van der Waals surface area (Å²) in [5, 5.41) is 10.6.